The summed E-state index contributed by atoms with van der Waals surface area (Å²) in [5.74, 6) is -0.00696. The SMILES string of the molecule is Cc1oc(NC(=O)CN2CCCc3cc(OC(F)(F)F)ccc32)c(C#N)c1C. The van der Waals surface area contributed by atoms with Gasteiger partial charge in [-0.05, 0) is 50.5 Å². The minimum Gasteiger partial charge on any atom is -0.444 e. The van der Waals surface area contributed by atoms with Crippen molar-refractivity contribution in [3.05, 3.63) is 40.6 Å². The number of nitriles is 1. The van der Waals surface area contributed by atoms with Crippen molar-refractivity contribution in [3.63, 3.8) is 0 Å². The molecule has 1 aliphatic heterocycles. The van der Waals surface area contributed by atoms with Gasteiger partial charge < -0.3 is 14.1 Å². The van der Waals surface area contributed by atoms with E-state index < -0.39 is 6.36 Å². The molecule has 1 aliphatic rings. The Hall–Kier alpha value is -3.15. The molecule has 0 radical (unpaired) electrons. The highest BCUT2D eigenvalue weighted by molar-refractivity contribution is 5.94. The zero-order valence-electron chi connectivity index (χ0n) is 15.3. The minimum absolute atomic E-state index is 0.0177. The zero-order chi connectivity index (χ0) is 20.5. The number of fused-ring (bicyclic) bond motifs is 1. The van der Waals surface area contributed by atoms with Gasteiger partial charge in [0.2, 0.25) is 11.8 Å². The number of carbonyl (C=O) groups is 1. The quantitative estimate of drug-likeness (QED) is 0.848. The first-order valence-corrected chi connectivity index (χ1v) is 8.61. The van der Waals surface area contributed by atoms with Crippen molar-refractivity contribution in [1.82, 2.24) is 0 Å². The van der Waals surface area contributed by atoms with Crippen molar-refractivity contribution in [2.75, 3.05) is 23.3 Å². The lowest BCUT2D eigenvalue weighted by Crippen LogP contribution is -2.36. The number of halogens is 3. The number of hydrogen-bond donors (Lipinski definition) is 1. The van der Waals surface area contributed by atoms with Crippen LogP contribution >= 0.6 is 0 Å². The Morgan fingerprint density at radius 1 is 1.39 bits per heavy atom. The lowest BCUT2D eigenvalue weighted by atomic mass is 10.0. The van der Waals surface area contributed by atoms with Crippen molar-refractivity contribution >= 4 is 17.5 Å². The third-order valence-electron chi connectivity index (χ3n) is 4.58. The van der Waals surface area contributed by atoms with Crippen LogP contribution in [0.4, 0.5) is 24.7 Å². The molecule has 148 valence electrons. The number of nitrogens with one attached hydrogen (secondary N) is 1. The van der Waals surface area contributed by atoms with Gasteiger partial charge in [-0.15, -0.1) is 13.2 Å². The summed E-state index contributed by atoms with van der Waals surface area (Å²) in [6, 6.07) is 6.10. The second-order valence-electron chi connectivity index (χ2n) is 6.51. The van der Waals surface area contributed by atoms with Crippen LogP contribution in [0.3, 0.4) is 0 Å². The summed E-state index contributed by atoms with van der Waals surface area (Å²) < 4.78 is 46.6. The van der Waals surface area contributed by atoms with Gasteiger partial charge in [0.25, 0.3) is 0 Å². The Bertz CT molecular complexity index is 944. The number of carbonyl (C=O) groups excluding carboxylic acids is 1. The largest absolute Gasteiger partial charge is 0.573 e. The van der Waals surface area contributed by atoms with Gasteiger partial charge in [0.1, 0.15) is 23.1 Å². The number of alkyl halides is 3. The number of furan rings is 1. The van der Waals surface area contributed by atoms with Gasteiger partial charge in [0.15, 0.2) is 0 Å². The highest BCUT2D eigenvalue weighted by Gasteiger charge is 2.31. The number of hydrogen-bond acceptors (Lipinski definition) is 5. The van der Waals surface area contributed by atoms with Crippen molar-refractivity contribution < 1.29 is 27.1 Å². The number of aryl methyl sites for hydroxylation is 2. The van der Waals surface area contributed by atoms with Gasteiger partial charge in [-0.1, -0.05) is 0 Å². The van der Waals surface area contributed by atoms with E-state index in [1.54, 1.807) is 18.7 Å². The van der Waals surface area contributed by atoms with Crippen molar-refractivity contribution in [2.45, 2.75) is 33.1 Å². The molecule has 28 heavy (non-hydrogen) atoms. The van der Waals surface area contributed by atoms with Crippen LogP contribution in [0.2, 0.25) is 0 Å². The molecule has 0 saturated heterocycles. The molecule has 3 rings (SSSR count). The van der Waals surface area contributed by atoms with Gasteiger partial charge in [-0.3, -0.25) is 10.1 Å². The van der Waals surface area contributed by atoms with Crippen LogP contribution < -0.4 is 15.0 Å². The van der Waals surface area contributed by atoms with E-state index in [4.69, 9.17) is 4.42 Å². The second kappa shape index (κ2) is 7.46. The van der Waals surface area contributed by atoms with Crippen LogP contribution in [0.5, 0.6) is 5.75 Å². The van der Waals surface area contributed by atoms with E-state index in [1.165, 1.54) is 18.2 Å². The van der Waals surface area contributed by atoms with Crippen LogP contribution in [0.25, 0.3) is 0 Å². The monoisotopic (exact) mass is 393 g/mol. The average Bonchev–Trinajstić information content (AvgIpc) is 2.86. The Morgan fingerprint density at radius 2 is 2.14 bits per heavy atom. The summed E-state index contributed by atoms with van der Waals surface area (Å²) >= 11 is 0. The van der Waals surface area contributed by atoms with Crippen LogP contribution in [-0.2, 0) is 11.2 Å². The van der Waals surface area contributed by atoms with Gasteiger partial charge >= 0.3 is 6.36 Å². The normalized spacial score (nSPS) is 13.6. The summed E-state index contributed by atoms with van der Waals surface area (Å²) in [7, 11) is 0. The van der Waals surface area contributed by atoms with Crippen molar-refractivity contribution in [1.29, 1.82) is 5.26 Å². The summed E-state index contributed by atoms with van der Waals surface area (Å²) in [5, 5.41) is 11.8. The van der Waals surface area contributed by atoms with Crippen LogP contribution in [0.1, 0.15) is 28.9 Å². The summed E-state index contributed by atoms with van der Waals surface area (Å²) in [6.07, 6.45) is -3.46. The smallest absolute Gasteiger partial charge is 0.444 e. The number of benzene rings is 1. The van der Waals surface area contributed by atoms with E-state index in [-0.39, 0.29) is 29.6 Å². The first-order chi connectivity index (χ1) is 13.2. The lowest BCUT2D eigenvalue weighted by Gasteiger charge is -2.31. The highest BCUT2D eigenvalue weighted by Crippen LogP contribution is 2.33. The number of amides is 1. The van der Waals surface area contributed by atoms with E-state index in [2.05, 4.69) is 10.1 Å². The minimum atomic E-state index is -4.75. The first kappa shape index (κ1) is 19.6. The maximum absolute atomic E-state index is 12.4. The van der Waals surface area contributed by atoms with Crippen molar-refractivity contribution in [2.24, 2.45) is 0 Å². The number of ether oxygens (including phenoxy) is 1. The van der Waals surface area contributed by atoms with Crippen LogP contribution in [0.15, 0.2) is 22.6 Å². The van der Waals surface area contributed by atoms with Gasteiger partial charge in [-0.25, -0.2) is 0 Å². The fourth-order valence-electron chi connectivity index (χ4n) is 3.20. The molecule has 1 aromatic carbocycles. The molecule has 0 unspecified atom stereocenters. The highest BCUT2D eigenvalue weighted by atomic mass is 19.4. The molecule has 0 aliphatic carbocycles. The predicted octanol–water partition coefficient (Wildman–Crippen LogP) is 4.06. The van der Waals surface area contributed by atoms with E-state index in [0.717, 1.165) is 0 Å². The topological polar surface area (TPSA) is 78.5 Å². The lowest BCUT2D eigenvalue weighted by molar-refractivity contribution is -0.274. The van der Waals surface area contributed by atoms with E-state index in [0.29, 0.717) is 42.0 Å². The van der Waals surface area contributed by atoms with E-state index in [1.807, 2.05) is 6.07 Å². The molecule has 0 bridgehead atoms. The molecule has 1 aromatic heterocycles. The van der Waals surface area contributed by atoms with Gasteiger partial charge in [-0.2, -0.15) is 5.26 Å². The summed E-state index contributed by atoms with van der Waals surface area (Å²) in [6.45, 7) is 4.00. The Labute approximate surface area is 159 Å². The fourth-order valence-corrected chi connectivity index (χ4v) is 3.20. The van der Waals surface area contributed by atoms with Crippen LogP contribution in [-0.4, -0.2) is 25.4 Å². The summed E-state index contributed by atoms with van der Waals surface area (Å²) in [4.78, 5) is 14.2. The Balaban J connectivity index is 1.73. The van der Waals surface area contributed by atoms with Crippen molar-refractivity contribution in [3.8, 4) is 11.8 Å². The van der Waals surface area contributed by atoms with Gasteiger partial charge in [0, 0.05) is 17.8 Å². The molecule has 2 heterocycles. The molecule has 1 amide bonds. The van der Waals surface area contributed by atoms with E-state index >= 15 is 0 Å². The second-order valence-corrected chi connectivity index (χ2v) is 6.51. The molecule has 2 aromatic rings. The van der Waals surface area contributed by atoms with Crippen LogP contribution in [0, 0.1) is 25.2 Å². The molecular weight excluding hydrogens is 375 g/mol. The molecule has 1 N–H and O–H groups in total. The maximum Gasteiger partial charge on any atom is 0.573 e. The van der Waals surface area contributed by atoms with E-state index in [9.17, 15) is 23.2 Å². The average molecular weight is 393 g/mol. The third kappa shape index (κ3) is 4.22. The number of nitrogens with zero attached hydrogens (tertiary/aromatic N) is 2. The molecule has 6 nitrogen and oxygen atoms in total. The Kier molecular flexibility index (Phi) is 5.23. The fraction of sp³-hybridized carbons (Fsp3) is 0.368. The predicted molar refractivity (Wildman–Crippen MR) is 95.2 cm³/mol. The molecule has 0 spiro atoms. The zero-order valence-corrected chi connectivity index (χ0v) is 15.3. The molecule has 0 atom stereocenters. The maximum atomic E-state index is 12.4. The molecule has 0 fully saturated rings. The number of rotatable bonds is 4. The standard InChI is InChI=1S/C19H18F3N3O3/c1-11-12(2)27-18(15(11)9-23)24-17(26)10-25-7-3-4-13-8-14(5-6-16(13)25)28-19(20,21)22/h5-6,8H,3-4,7,10H2,1-2H3,(H,24,26). The van der Waals surface area contributed by atoms with Gasteiger partial charge in [0.05, 0.1) is 6.54 Å². The Morgan fingerprint density at radius 3 is 2.82 bits per heavy atom. The summed E-state index contributed by atoms with van der Waals surface area (Å²) in [5.41, 5.74) is 2.31. The first-order valence-electron chi connectivity index (χ1n) is 8.61. The molecule has 0 saturated carbocycles. The molecule has 9 heteroatoms. The molecular formula is C19H18F3N3O3. The third-order valence-corrected chi connectivity index (χ3v) is 4.58. The number of anilines is 2.